The first-order chi connectivity index (χ1) is 17.3. The van der Waals surface area contributed by atoms with E-state index in [4.69, 9.17) is 0 Å². The molecule has 0 spiro atoms. The van der Waals surface area contributed by atoms with E-state index in [2.05, 4.69) is 4.98 Å². The average Bonchev–Trinajstić information content (AvgIpc) is 3.68. The van der Waals surface area contributed by atoms with Crippen molar-refractivity contribution in [2.24, 2.45) is 5.92 Å². The van der Waals surface area contributed by atoms with E-state index in [0.717, 1.165) is 25.0 Å². The summed E-state index contributed by atoms with van der Waals surface area (Å²) in [5.41, 5.74) is -0.640. The fourth-order valence-corrected chi connectivity index (χ4v) is 4.35. The van der Waals surface area contributed by atoms with E-state index in [-0.39, 0.29) is 42.9 Å². The topological polar surface area (TPSA) is 95.7 Å². The van der Waals surface area contributed by atoms with Crippen LogP contribution in [0.1, 0.15) is 51.4 Å². The van der Waals surface area contributed by atoms with Crippen LogP contribution >= 0.6 is 0 Å². The number of rotatable bonds is 8. The monoisotopic (exact) mass is 494 g/mol. The van der Waals surface area contributed by atoms with Gasteiger partial charge in [0.05, 0.1) is 17.8 Å². The zero-order chi connectivity index (χ0) is 25.4. The first kappa shape index (κ1) is 23.7. The predicted octanol–water partition coefficient (Wildman–Crippen LogP) is 3.00. The Morgan fingerprint density at radius 3 is 2.64 bits per heavy atom. The zero-order valence-electron chi connectivity index (χ0n) is 19.4. The van der Waals surface area contributed by atoms with E-state index < -0.39 is 34.5 Å². The molecular weight excluding hydrogens is 470 g/mol. The number of Topliss-reactive ketones (excluding diaryl/α,β-unsaturated/α-hetero) is 1. The number of fused-ring (bicyclic) bond motifs is 1. The van der Waals surface area contributed by atoms with Crippen LogP contribution in [0.5, 0.6) is 5.75 Å². The number of nitrogens with zero attached hydrogens (tertiary/aromatic N) is 4. The number of aromatic nitrogens is 2. The molecule has 1 N–H and O–H groups in total. The van der Waals surface area contributed by atoms with Gasteiger partial charge in [0.15, 0.2) is 17.2 Å². The molecule has 0 radical (unpaired) electrons. The minimum absolute atomic E-state index is 0.0569. The van der Waals surface area contributed by atoms with Gasteiger partial charge in [0.2, 0.25) is 5.43 Å². The quantitative estimate of drug-likeness (QED) is 0.484. The molecule has 1 aromatic carbocycles. The molecule has 1 aliphatic heterocycles. The number of carbonyl (C=O) groups is 2. The van der Waals surface area contributed by atoms with Crippen molar-refractivity contribution in [1.29, 1.82) is 0 Å². The van der Waals surface area contributed by atoms with Gasteiger partial charge in [-0.15, -0.1) is 0 Å². The number of hydrogen-bond acceptors (Lipinski definition) is 6. The van der Waals surface area contributed by atoms with Gasteiger partial charge in [-0.2, -0.15) is 0 Å². The molecule has 0 unspecified atom stereocenters. The van der Waals surface area contributed by atoms with Crippen LogP contribution in [0.4, 0.5) is 8.78 Å². The Balaban J connectivity index is 1.48. The molecule has 186 valence electrons. The molecule has 3 aromatic rings. The van der Waals surface area contributed by atoms with E-state index >= 15 is 0 Å². The average molecular weight is 494 g/mol. The number of ketones is 1. The van der Waals surface area contributed by atoms with Crippen molar-refractivity contribution in [2.75, 3.05) is 18.2 Å². The second kappa shape index (κ2) is 9.52. The zero-order valence-corrected chi connectivity index (χ0v) is 19.4. The van der Waals surface area contributed by atoms with Gasteiger partial charge in [0.25, 0.3) is 5.91 Å². The first-order valence-corrected chi connectivity index (χ1v) is 11.7. The molecule has 1 fully saturated rings. The summed E-state index contributed by atoms with van der Waals surface area (Å²) in [4.78, 5) is 45.1. The van der Waals surface area contributed by atoms with Gasteiger partial charge in [0.1, 0.15) is 18.3 Å². The minimum Gasteiger partial charge on any atom is -0.502 e. The van der Waals surface area contributed by atoms with Gasteiger partial charge in [0, 0.05) is 31.4 Å². The number of hydrogen-bond donors (Lipinski definition) is 1. The lowest BCUT2D eigenvalue weighted by molar-refractivity contribution is 0.0674. The maximum atomic E-state index is 14.0. The van der Waals surface area contributed by atoms with E-state index in [9.17, 15) is 28.3 Å². The van der Waals surface area contributed by atoms with Crippen LogP contribution in [-0.4, -0.2) is 44.6 Å². The summed E-state index contributed by atoms with van der Waals surface area (Å²) in [7, 11) is 0. The Hall–Kier alpha value is -4.08. The third-order valence-electron chi connectivity index (χ3n) is 6.48. The lowest BCUT2D eigenvalue weighted by Crippen LogP contribution is -2.54. The smallest absolute Gasteiger partial charge is 0.277 e. The fourth-order valence-electron chi connectivity index (χ4n) is 4.35. The standard InChI is InChI=1S/C26H24F2N4O4/c27-18-8-6-17(21(28)11-18)7-9-22(33)20-14-32-23(25(35)24(20)34)26(36)30(12-16-4-5-16)15-31(32)13-19-3-1-2-10-29-19/h1-3,6,8,10-11,14,16,35H,4-5,7,9,12-13,15H2. The molecule has 36 heavy (non-hydrogen) atoms. The predicted molar refractivity (Wildman–Crippen MR) is 126 cm³/mol. The van der Waals surface area contributed by atoms with Gasteiger partial charge in [-0.1, -0.05) is 12.1 Å². The summed E-state index contributed by atoms with van der Waals surface area (Å²) in [5, 5.41) is 12.5. The Morgan fingerprint density at radius 1 is 1.14 bits per heavy atom. The number of benzene rings is 1. The molecule has 0 saturated heterocycles. The van der Waals surface area contributed by atoms with Crippen LogP contribution in [-0.2, 0) is 13.0 Å². The minimum atomic E-state index is -0.953. The van der Waals surface area contributed by atoms with E-state index in [1.54, 1.807) is 22.2 Å². The SMILES string of the molecule is O=C(CCc1ccc(F)cc1F)c1cn2c(c(O)c1=O)C(=O)N(CC1CC1)CN2Cc1ccccn1. The van der Waals surface area contributed by atoms with Gasteiger partial charge in [-0.25, -0.2) is 8.78 Å². The normalized spacial score (nSPS) is 15.2. The number of aryl methyl sites for hydroxylation is 1. The molecule has 3 heterocycles. The van der Waals surface area contributed by atoms with Crippen LogP contribution in [0, 0.1) is 17.6 Å². The van der Waals surface area contributed by atoms with Crippen molar-refractivity contribution in [3.05, 3.63) is 93.2 Å². The van der Waals surface area contributed by atoms with Crippen molar-refractivity contribution >= 4 is 11.7 Å². The van der Waals surface area contributed by atoms with Crippen LogP contribution in [0.25, 0.3) is 0 Å². The first-order valence-electron chi connectivity index (χ1n) is 11.7. The molecule has 0 atom stereocenters. The highest BCUT2D eigenvalue weighted by Crippen LogP contribution is 2.32. The maximum absolute atomic E-state index is 14.0. The third-order valence-corrected chi connectivity index (χ3v) is 6.48. The largest absolute Gasteiger partial charge is 0.502 e. The van der Waals surface area contributed by atoms with Crippen molar-refractivity contribution in [2.45, 2.75) is 32.2 Å². The summed E-state index contributed by atoms with van der Waals surface area (Å²) in [6.07, 6.45) is 4.64. The molecular formula is C26H24F2N4O4. The van der Waals surface area contributed by atoms with E-state index in [0.29, 0.717) is 18.2 Å². The third kappa shape index (κ3) is 4.71. The Kier molecular flexibility index (Phi) is 6.26. The molecule has 0 bridgehead atoms. The number of carbonyl (C=O) groups excluding carboxylic acids is 2. The van der Waals surface area contributed by atoms with Crippen LogP contribution in [0.2, 0.25) is 0 Å². The van der Waals surface area contributed by atoms with E-state index in [1.165, 1.54) is 16.9 Å². The molecule has 5 rings (SSSR count). The highest BCUT2D eigenvalue weighted by molar-refractivity contribution is 6.00. The molecule has 1 aliphatic carbocycles. The fraction of sp³-hybridized carbons (Fsp3) is 0.308. The lowest BCUT2D eigenvalue weighted by Gasteiger charge is -2.39. The number of halogens is 2. The Morgan fingerprint density at radius 2 is 1.94 bits per heavy atom. The Bertz CT molecular complexity index is 1390. The van der Waals surface area contributed by atoms with Crippen molar-refractivity contribution in [1.82, 2.24) is 14.6 Å². The van der Waals surface area contributed by atoms with Gasteiger partial charge < -0.3 is 10.0 Å². The summed E-state index contributed by atoms with van der Waals surface area (Å²) in [6.45, 7) is 0.962. The second-order valence-electron chi connectivity index (χ2n) is 9.17. The second-order valence-corrected chi connectivity index (χ2v) is 9.17. The van der Waals surface area contributed by atoms with Crippen LogP contribution in [0.3, 0.4) is 0 Å². The lowest BCUT2D eigenvalue weighted by atomic mass is 10.0. The van der Waals surface area contributed by atoms with Crippen molar-refractivity contribution < 1.29 is 23.5 Å². The molecule has 1 saturated carbocycles. The van der Waals surface area contributed by atoms with Crippen molar-refractivity contribution in [3.63, 3.8) is 0 Å². The molecule has 1 amide bonds. The molecule has 2 aliphatic rings. The van der Waals surface area contributed by atoms with Gasteiger partial charge >= 0.3 is 0 Å². The number of pyridine rings is 2. The number of aromatic hydroxyl groups is 1. The maximum Gasteiger partial charge on any atom is 0.277 e. The molecule has 8 nitrogen and oxygen atoms in total. The summed E-state index contributed by atoms with van der Waals surface area (Å²) >= 11 is 0. The summed E-state index contributed by atoms with van der Waals surface area (Å²) < 4.78 is 28.5. The molecule has 2 aromatic heterocycles. The number of amides is 1. The van der Waals surface area contributed by atoms with Crippen molar-refractivity contribution in [3.8, 4) is 5.75 Å². The Labute approximate surface area is 205 Å². The van der Waals surface area contributed by atoms with E-state index in [1.807, 2.05) is 12.1 Å². The van der Waals surface area contributed by atoms with Gasteiger partial charge in [-0.3, -0.25) is 29.1 Å². The van der Waals surface area contributed by atoms with Gasteiger partial charge in [-0.05, 0) is 48.9 Å². The van der Waals surface area contributed by atoms with Crippen LogP contribution in [0.15, 0.2) is 53.6 Å². The highest BCUT2D eigenvalue weighted by Gasteiger charge is 2.37. The van der Waals surface area contributed by atoms with Crippen LogP contribution < -0.4 is 10.4 Å². The summed E-state index contributed by atoms with van der Waals surface area (Å²) in [5.74, 6) is -3.03. The highest BCUT2D eigenvalue weighted by atomic mass is 19.1. The molecule has 10 heteroatoms. The summed E-state index contributed by atoms with van der Waals surface area (Å²) in [6, 6.07) is 8.49.